The zero-order valence-electron chi connectivity index (χ0n) is 14.6. The Hall–Kier alpha value is -1.64. The quantitative estimate of drug-likeness (QED) is 0.573. The van der Waals surface area contributed by atoms with Crippen molar-refractivity contribution in [1.29, 1.82) is 0 Å². The van der Waals surface area contributed by atoms with Crippen LogP contribution >= 0.6 is 0 Å². The third-order valence-electron chi connectivity index (χ3n) is 4.43. The number of hydrogen-bond donors (Lipinski definition) is 0. The summed E-state index contributed by atoms with van der Waals surface area (Å²) in [6.07, 6.45) is 0. The van der Waals surface area contributed by atoms with E-state index >= 15 is 0 Å². The lowest BCUT2D eigenvalue weighted by molar-refractivity contribution is -0.147. The number of halogens is 3. The molecule has 0 aliphatic carbocycles. The molecule has 1 heterocycles. The van der Waals surface area contributed by atoms with Crippen LogP contribution in [0, 0.1) is 17.5 Å². The van der Waals surface area contributed by atoms with Gasteiger partial charge in [-0.2, -0.15) is 0 Å². The van der Waals surface area contributed by atoms with E-state index in [2.05, 4.69) is 4.90 Å². The highest BCUT2D eigenvalue weighted by Gasteiger charge is 2.29. The molecule has 0 bridgehead atoms. The molecule has 8 heteroatoms. The Balaban J connectivity index is 2.15. The lowest BCUT2D eigenvalue weighted by atomic mass is 10.0. The molecule has 0 N–H and O–H groups in total. The minimum absolute atomic E-state index is 0.0146. The van der Waals surface area contributed by atoms with Crippen LogP contribution in [-0.2, 0) is 14.3 Å². The summed E-state index contributed by atoms with van der Waals surface area (Å²) in [4.78, 5) is 16.0. The van der Waals surface area contributed by atoms with Crippen molar-refractivity contribution in [3.8, 4) is 0 Å². The molecule has 1 aromatic carbocycles. The minimum Gasteiger partial charge on any atom is -0.468 e. The fourth-order valence-corrected chi connectivity index (χ4v) is 2.92. The second-order valence-electron chi connectivity index (χ2n) is 6.16. The van der Waals surface area contributed by atoms with E-state index in [4.69, 9.17) is 9.47 Å². The Bertz CT molecular complexity index is 592. The van der Waals surface area contributed by atoms with Gasteiger partial charge in [-0.3, -0.25) is 9.80 Å². The molecule has 2 rings (SSSR count). The zero-order valence-corrected chi connectivity index (χ0v) is 14.6. The standard InChI is InChI=1S/C17H23F3N2O3/c1-11-10-25-7-6-22(11)5-4-21(2)16(17(23)24-3)12-8-13(18)15(20)14(19)9-12/h8-9,11,16H,4-7,10H2,1-3H3/t11-,16+/m1/s1. The number of carbonyl (C=O) groups excluding carboxylic acids is 1. The van der Waals surface area contributed by atoms with E-state index in [1.54, 1.807) is 11.9 Å². The van der Waals surface area contributed by atoms with Crippen LogP contribution in [0.3, 0.4) is 0 Å². The maximum Gasteiger partial charge on any atom is 0.327 e. The topological polar surface area (TPSA) is 42.0 Å². The number of benzene rings is 1. The van der Waals surface area contributed by atoms with Crippen LogP contribution in [0.15, 0.2) is 12.1 Å². The van der Waals surface area contributed by atoms with Crippen molar-refractivity contribution in [2.45, 2.75) is 19.0 Å². The fourth-order valence-electron chi connectivity index (χ4n) is 2.92. The second-order valence-corrected chi connectivity index (χ2v) is 6.16. The third-order valence-corrected chi connectivity index (χ3v) is 4.43. The maximum absolute atomic E-state index is 13.6. The molecule has 140 valence electrons. The number of nitrogens with zero attached hydrogens (tertiary/aromatic N) is 2. The molecule has 25 heavy (non-hydrogen) atoms. The monoisotopic (exact) mass is 360 g/mol. The van der Waals surface area contributed by atoms with Gasteiger partial charge in [0.25, 0.3) is 0 Å². The highest BCUT2D eigenvalue weighted by molar-refractivity contribution is 5.77. The van der Waals surface area contributed by atoms with E-state index in [0.717, 1.165) is 18.7 Å². The van der Waals surface area contributed by atoms with Crippen molar-refractivity contribution in [2.24, 2.45) is 0 Å². The van der Waals surface area contributed by atoms with Crippen LogP contribution in [0.25, 0.3) is 0 Å². The van der Waals surface area contributed by atoms with Crippen LogP contribution < -0.4 is 0 Å². The molecule has 1 saturated heterocycles. The molecule has 0 amide bonds. The molecule has 1 aliphatic rings. The van der Waals surface area contributed by atoms with Crippen molar-refractivity contribution < 1.29 is 27.4 Å². The van der Waals surface area contributed by atoms with Gasteiger partial charge in [-0.25, -0.2) is 18.0 Å². The summed E-state index contributed by atoms with van der Waals surface area (Å²) in [5.74, 6) is -4.89. The van der Waals surface area contributed by atoms with Crippen molar-refractivity contribution in [3.63, 3.8) is 0 Å². The Labute approximate surface area is 145 Å². The largest absolute Gasteiger partial charge is 0.468 e. The number of morpholine rings is 1. The van der Waals surface area contributed by atoms with Gasteiger partial charge in [0.05, 0.1) is 20.3 Å². The number of methoxy groups -OCH3 is 1. The van der Waals surface area contributed by atoms with E-state index in [9.17, 15) is 18.0 Å². The first-order valence-electron chi connectivity index (χ1n) is 8.09. The summed E-state index contributed by atoms with van der Waals surface area (Å²) < 4.78 is 50.4. The Kier molecular flexibility index (Phi) is 6.80. The van der Waals surface area contributed by atoms with Gasteiger partial charge >= 0.3 is 5.97 Å². The molecule has 0 radical (unpaired) electrons. The average Bonchev–Trinajstić information content (AvgIpc) is 2.58. The van der Waals surface area contributed by atoms with Gasteiger partial charge < -0.3 is 9.47 Å². The highest BCUT2D eigenvalue weighted by Crippen LogP contribution is 2.25. The van der Waals surface area contributed by atoms with E-state index in [-0.39, 0.29) is 11.6 Å². The number of hydrogen-bond acceptors (Lipinski definition) is 5. The maximum atomic E-state index is 13.6. The van der Waals surface area contributed by atoms with Gasteiger partial charge in [0.2, 0.25) is 0 Å². The molecule has 0 saturated carbocycles. The van der Waals surface area contributed by atoms with Crippen LogP contribution in [0.1, 0.15) is 18.5 Å². The average molecular weight is 360 g/mol. The van der Waals surface area contributed by atoms with E-state index < -0.39 is 29.5 Å². The molecule has 0 unspecified atom stereocenters. The summed E-state index contributed by atoms with van der Waals surface area (Å²) in [7, 11) is 2.86. The van der Waals surface area contributed by atoms with Crippen molar-refractivity contribution in [3.05, 3.63) is 35.1 Å². The second kappa shape index (κ2) is 8.64. The number of likely N-dealkylation sites (N-methyl/N-ethyl adjacent to an activating group) is 1. The van der Waals surface area contributed by atoms with Gasteiger partial charge in [0.1, 0.15) is 6.04 Å². The Morgan fingerprint density at radius 1 is 1.40 bits per heavy atom. The summed E-state index contributed by atoms with van der Waals surface area (Å²) in [6.45, 7) is 5.21. The summed E-state index contributed by atoms with van der Waals surface area (Å²) in [5.41, 5.74) is 0.0146. The molecule has 2 atom stereocenters. The first kappa shape index (κ1) is 19.7. The highest BCUT2D eigenvalue weighted by atomic mass is 19.2. The molecule has 0 spiro atoms. The summed E-state index contributed by atoms with van der Waals surface area (Å²) in [6, 6.07) is 0.882. The molecule has 0 aromatic heterocycles. The predicted octanol–water partition coefficient (Wildman–Crippen LogP) is 1.97. The Morgan fingerprint density at radius 3 is 2.60 bits per heavy atom. The van der Waals surface area contributed by atoms with Crippen LogP contribution in [0.2, 0.25) is 0 Å². The smallest absolute Gasteiger partial charge is 0.327 e. The summed E-state index contributed by atoms with van der Waals surface area (Å²) >= 11 is 0. The summed E-state index contributed by atoms with van der Waals surface area (Å²) in [5, 5.41) is 0. The molecular formula is C17H23F3N2O3. The van der Waals surface area contributed by atoms with Gasteiger partial charge in [-0.05, 0) is 31.7 Å². The van der Waals surface area contributed by atoms with Crippen LogP contribution in [0.4, 0.5) is 13.2 Å². The number of esters is 1. The third kappa shape index (κ3) is 4.71. The minimum atomic E-state index is -1.56. The number of rotatable bonds is 6. The number of carbonyl (C=O) groups is 1. The van der Waals surface area contributed by atoms with E-state index in [0.29, 0.717) is 26.3 Å². The lowest BCUT2D eigenvalue weighted by Gasteiger charge is -2.35. The first-order valence-corrected chi connectivity index (χ1v) is 8.09. The van der Waals surface area contributed by atoms with Gasteiger partial charge in [0, 0.05) is 25.7 Å². The molecule has 1 fully saturated rings. The molecular weight excluding hydrogens is 337 g/mol. The number of ether oxygens (including phenoxy) is 2. The van der Waals surface area contributed by atoms with Crippen LogP contribution in [0.5, 0.6) is 0 Å². The van der Waals surface area contributed by atoms with Crippen molar-refractivity contribution in [2.75, 3.05) is 47.0 Å². The predicted molar refractivity (Wildman–Crippen MR) is 85.6 cm³/mol. The van der Waals surface area contributed by atoms with Gasteiger partial charge in [-0.1, -0.05) is 0 Å². The van der Waals surface area contributed by atoms with Crippen molar-refractivity contribution >= 4 is 5.97 Å². The first-order chi connectivity index (χ1) is 11.8. The lowest BCUT2D eigenvalue weighted by Crippen LogP contribution is -2.47. The van der Waals surface area contributed by atoms with Gasteiger partial charge in [-0.15, -0.1) is 0 Å². The normalized spacial score (nSPS) is 19.9. The fraction of sp³-hybridized carbons (Fsp3) is 0.588. The Morgan fingerprint density at radius 2 is 2.04 bits per heavy atom. The van der Waals surface area contributed by atoms with Crippen molar-refractivity contribution in [1.82, 2.24) is 9.80 Å². The molecule has 1 aliphatic heterocycles. The van der Waals surface area contributed by atoms with E-state index in [1.165, 1.54) is 7.11 Å². The van der Waals surface area contributed by atoms with Gasteiger partial charge in [0.15, 0.2) is 17.5 Å². The zero-order chi connectivity index (χ0) is 18.6. The SMILES string of the molecule is COC(=O)[C@H](c1cc(F)c(F)c(F)c1)N(C)CCN1CCOC[C@H]1C. The van der Waals surface area contributed by atoms with Crippen LogP contribution in [-0.4, -0.2) is 68.8 Å². The molecule has 5 nitrogen and oxygen atoms in total. The molecule has 1 aromatic rings. The van der Waals surface area contributed by atoms with E-state index in [1.807, 2.05) is 6.92 Å².